The Morgan fingerprint density at radius 2 is 2.00 bits per heavy atom. The number of nitrogens with zero attached hydrogens (tertiary/aromatic N) is 1. The number of esters is 1. The Bertz CT molecular complexity index is 234. The summed E-state index contributed by atoms with van der Waals surface area (Å²) in [4.78, 5) is 13.9. The second-order valence-electron chi connectivity index (χ2n) is 3.58. The van der Waals surface area contributed by atoms with Gasteiger partial charge in [0.1, 0.15) is 6.04 Å². The van der Waals surface area contributed by atoms with Crippen molar-refractivity contribution in [2.24, 2.45) is 0 Å². The molecule has 0 aromatic carbocycles. The minimum atomic E-state index is -0.196. The van der Waals surface area contributed by atoms with Crippen molar-refractivity contribution in [1.82, 2.24) is 4.90 Å². The Hall–Kier alpha value is -0.740. The SMILES string of the molecule is C=CCN(CC=C)C(CCSC)C(=O)OCC. The summed E-state index contributed by atoms with van der Waals surface area (Å²) in [6.07, 6.45) is 6.43. The van der Waals surface area contributed by atoms with Crippen LogP contribution in [0.15, 0.2) is 25.3 Å². The minimum Gasteiger partial charge on any atom is -0.465 e. The van der Waals surface area contributed by atoms with Crippen LogP contribution in [0.3, 0.4) is 0 Å². The second kappa shape index (κ2) is 10.4. The summed E-state index contributed by atoms with van der Waals surface area (Å²) in [6.45, 7) is 11.0. The van der Waals surface area contributed by atoms with Crippen molar-refractivity contribution < 1.29 is 9.53 Å². The number of hydrogen-bond acceptors (Lipinski definition) is 4. The molecule has 0 spiro atoms. The Balaban J connectivity index is 4.62. The topological polar surface area (TPSA) is 29.5 Å². The molecule has 0 fully saturated rings. The Kier molecular flexibility index (Phi) is 9.96. The van der Waals surface area contributed by atoms with E-state index in [0.29, 0.717) is 19.7 Å². The fraction of sp³-hybridized carbons (Fsp3) is 0.615. The van der Waals surface area contributed by atoms with Gasteiger partial charge >= 0.3 is 5.97 Å². The predicted octanol–water partition coefficient (Wildman–Crippen LogP) is 2.35. The van der Waals surface area contributed by atoms with E-state index in [-0.39, 0.29) is 12.0 Å². The van der Waals surface area contributed by atoms with Crippen LogP contribution in [0.25, 0.3) is 0 Å². The van der Waals surface area contributed by atoms with Gasteiger partial charge in [-0.2, -0.15) is 11.8 Å². The van der Waals surface area contributed by atoms with Gasteiger partial charge < -0.3 is 4.74 Å². The van der Waals surface area contributed by atoms with Gasteiger partial charge in [-0.25, -0.2) is 0 Å². The summed E-state index contributed by atoms with van der Waals surface area (Å²) >= 11 is 1.73. The van der Waals surface area contributed by atoms with Crippen molar-refractivity contribution in [1.29, 1.82) is 0 Å². The van der Waals surface area contributed by atoms with Crippen LogP contribution in [0, 0.1) is 0 Å². The number of ether oxygens (including phenoxy) is 1. The van der Waals surface area contributed by atoms with Gasteiger partial charge in [-0.05, 0) is 25.4 Å². The Morgan fingerprint density at radius 3 is 2.41 bits per heavy atom. The lowest BCUT2D eigenvalue weighted by atomic mass is 10.2. The lowest BCUT2D eigenvalue weighted by Crippen LogP contribution is -2.42. The zero-order valence-electron chi connectivity index (χ0n) is 10.9. The van der Waals surface area contributed by atoms with E-state index in [1.54, 1.807) is 23.9 Å². The van der Waals surface area contributed by atoms with E-state index in [0.717, 1.165) is 12.2 Å². The number of thioether (sulfide) groups is 1. The van der Waals surface area contributed by atoms with Crippen LogP contribution in [0.1, 0.15) is 13.3 Å². The highest BCUT2D eigenvalue weighted by molar-refractivity contribution is 7.98. The van der Waals surface area contributed by atoms with Crippen LogP contribution >= 0.6 is 11.8 Å². The lowest BCUT2D eigenvalue weighted by molar-refractivity contribution is -0.149. The van der Waals surface area contributed by atoms with Crippen molar-refractivity contribution in [3.8, 4) is 0 Å². The third-order valence-corrected chi connectivity index (χ3v) is 2.97. The molecule has 1 atom stereocenters. The van der Waals surface area contributed by atoms with Gasteiger partial charge in [0.2, 0.25) is 0 Å². The first-order valence-corrected chi connectivity index (χ1v) is 7.22. The molecule has 0 aromatic rings. The summed E-state index contributed by atoms with van der Waals surface area (Å²) in [7, 11) is 0. The average Bonchev–Trinajstić information content (AvgIpc) is 2.30. The number of hydrogen-bond donors (Lipinski definition) is 0. The van der Waals surface area contributed by atoms with Gasteiger partial charge in [0, 0.05) is 13.1 Å². The summed E-state index contributed by atoms with van der Waals surface area (Å²) in [5.41, 5.74) is 0. The molecular formula is C13H23NO2S. The fourth-order valence-electron chi connectivity index (χ4n) is 1.58. The van der Waals surface area contributed by atoms with Gasteiger partial charge in [0.15, 0.2) is 0 Å². The van der Waals surface area contributed by atoms with Crippen molar-refractivity contribution in [3.63, 3.8) is 0 Å². The highest BCUT2D eigenvalue weighted by Crippen LogP contribution is 2.10. The third kappa shape index (κ3) is 6.54. The second-order valence-corrected chi connectivity index (χ2v) is 4.57. The molecule has 98 valence electrons. The van der Waals surface area contributed by atoms with E-state index in [2.05, 4.69) is 13.2 Å². The molecule has 0 bridgehead atoms. The maximum Gasteiger partial charge on any atom is 0.323 e. The van der Waals surface area contributed by atoms with E-state index in [4.69, 9.17) is 4.74 Å². The van der Waals surface area contributed by atoms with Crippen LogP contribution in [-0.2, 0) is 9.53 Å². The number of carbonyl (C=O) groups is 1. The maximum atomic E-state index is 11.9. The van der Waals surface area contributed by atoms with Crippen molar-refractivity contribution >= 4 is 17.7 Å². The predicted molar refractivity (Wildman–Crippen MR) is 75.4 cm³/mol. The van der Waals surface area contributed by atoms with Gasteiger partial charge in [0.05, 0.1) is 6.61 Å². The summed E-state index contributed by atoms with van der Waals surface area (Å²) in [5.74, 6) is 0.791. The molecule has 0 saturated heterocycles. The highest BCUT2D eigenvalue weighted by Gasteiger charge is 2.25. The van der Waals surface area contributed by atoms with Gasteiger partial charge in [-0.1, -0.05) is 12.2 Å². The number of carbonyl (C=O) groups excluding carboxylic acids is 1. The van der Waals surface area contributed by atoms with Crippen LogP contribution in [-0.4, -0.2) is 48.6 Å². The molecule has 0 radical (unpaired) electrons. The third-order valence-electron chi connectivity index (χ3n) is 2.32. The molecule has 0 saturated carbocycles. The molecule has 0 N–H and O–H groups in total. The van der Waals surface area contributed by atoms with E-state index < -0.39 is 0 Å². The smallest absolute Gasteiger partial charge is 0.323 e. The summed E-state index contributed by atoms with van der Waals surface area (Å²) < 4.78 is 5.12. The normalized spacial score (nSPS) is 12.2. The lowest BCUT2D eigenvalue weighted by Gasteiger charge is -2.27. The van der Waals surface area contributed by atoms with Gasteiger partial charge in [-0.3, -0.25) is 9.69 Å². The molecule has 1 unspecified atom stereocenters. The average molecular weight is 257 g/mol. The number of rotatable bonds is 10. The van der Waals surface area contributed by atoms with Crippen LogP contribution in [0.2, 0.25) is 0 Å². The maximum absolute atomic E-state index is 11.9. The fourth-order valence-corrected chi connectivity index (χ4v) is 2.04. The Labute approximate surface area is 109 Å². The molecule has 0 aromatic heterocycles. The molecule has 3 nitrogen and oxygen atoms in total. The quantitative estimate of drug-likeness (QED) is 0.444. The standard InChI is InChI=1S/C13H23NO2S/c1-5-9-14(10-6-2)12(8-11-17-4)13(15)16-7-3/h5-6,12H,1-2,7-11H2,3-4H3. The summed E-state index contributed by atoms with van der Waals surface area (Å²) in [5, 5.41) is 0. The zero-order valence-corrected chi connectivity index (χ0v) is 11.7. The van der Waals surface area contributed by atoms with Gasteiger partial charge in [-0.15, -0.1) is 13.2 Å². The molecule has 0 rings (SSSR count). The van der Waals surface area contributed by atoms with Crippen LogP contribution in [0.4, 0.5) is 0 Å². The first kappa shape index (κ1) is 16.3. The first-order valence-electron chi connectivity index (χ1n) is 5.82. The zero-order chi connectivity index (χ0) is 13.1. The molecule has 4 heteroatoms. The summed E-state index contributed by atoms with van der Waals surface area (Å²) in [6, 6.07) is -0.196. The van der Waals surface area contributed by atoms with Crippen LogP contribution < -0.4 is 0 Å². The van der Waals surface area contributed by atoms with E-state index >= 15 is 0 Å². The van der Waals surface area contributed by atoms with Crippen molar-refractivity contribution in [2.75, 3.05) is 31.7 Å². The first-order chi connectivity index (χ1) is 8.21. The monoisotopic (exact) mass is 257 g/mol. The minimum absolute atomic E-state index is 0.148. The van der Waals surface area contributed by atoms with E-state index in [1.807, 2.05) is 18.1 Å². The molecule has 17 heavy (non-hydrogen) atoms. The molecule has 0 aliphatic rings. The van der Waals surface area contributed by atoms with Crippen molar-refractivity contribution in [3.05, 3.63) is 25.3 Å². The molecule has 0 heterocycles. The molecule has 0 amide bonds. The molecule has 0 aliphatic carbocycles. The van der Waals surface area contributed by atoms with Gasteiger partial charge in [0.25, 0.3) is 0 Å². The van der Waals surface area contributed by atoms with Crippen LogP contribution in [0.5, 0.6) is 0 Å². The Morgan fingerprint density at radius 1 is 1.41 bits per heavy atom. The van der Waals surface area contributed by atoms with Crippen molar-refractivity contribution in [2.45, 2.75) is 19.4 Å². The van der Waals surface area contributed by atoms with E-state index in [9.17, 15) is 4.79 Å². The highest BCUT2D eigenvalue weighted by atomic mass is 32.2. The molecular weight excluding hydrogens is 234 g/mol. The molecule has 0 aliphatic heterocycles. The van der Waals surface area contributed by atoms with E-state index in [1.165, 1.54) is 0 Å². The largest absolute Gasteiger partial charge is 0.465 e.